The summed E-state index contributed by atoms with van der Waals surface area (Å²) in [7, 11) is 0. The monoisotopic (exact) mass is 736 g/mol. The van der Waals surface area contributed by atoms with Crippen LogP contribution in [-0.2, 0) is 21.5 Å². The Hall–Kier alpha value is -5.09. The molecule has 50 heavy (non-hydrogen) atoms. The van der Waals surface area contributed by atoms with Crippen LogP contribution in [0, 0.1) is 21.4 Å². The van der Waals surface area contributed by atoms with Crippen molar-refractivity contribution in [3.05, 3.63) is 129 Å². The number of aromatic nitrogens is 1. The summed E-state index contributed by atoms with van der Waals surface area (Å²) < 4.78 is 15.6. The third-order valence-electron chi connectivity index (χ3n) is 7.78. The second-order valence-electron chi connectivity index (χ2n) is 11.1. The molecule has 1 saturated heterocycles. The van der Waals surface area contributed by atoms with Crippen molar-refractivity contribution < 1.29 is 24.0 Å². The van der Waals surface area contributed by atoms with Crippen LogP contribution in [0.1, 0.15) is 36.1 Å². The van der Waals surface area contributed by atoms with Gasteiger partial charge < -0.3 is 24.4 Å². The zero-order valence-electron chi connectivity index (χ0n) is 26.7. The largest absolute Gasteiger partial charge is 0.494 e. The highest BCUT2D eigenvalue weighted by molar-refractivity contribution is 6.54. The number of nitriles is 1. The Morgan fingerprint density at radius 1 is 1.08 bits per heavy atom. The molecule has 1 saturated carbocycles. The number of ether oxygens (including phenoxy) is 3. The molecule has 2 atom stereocenters. The Balaban J connectivity index is 0.000000240. The maximum atomic E-state index is 13.3. The fourth-order valence-corrected chi connectivity index (χ4v) is 6.14. The summed E-state index contributed by atoms with van der Waals surface area (Å²) in [6.45, 7) is 4.25. The first kappa shape index (κ1) is 36.2. The van der Waals surface area contributed by atoms with E-state index >= 15 is 0 Å². The lowest BCUT2D eigenvalue weighted by molar-refractivity contribution is -0.485. The average Bonchev–Trinajstić information content (AvgIpc) is 3.46. The van der Waals surface area contributed by atoms with Gasteiger partial charge in [-0.1, -0.05) is 83.3 Å². The summed E-state index contributed by atoms with van der Waals surface area (Å²) in [4.78, 5) is 29.3. The van der Waals surface area contributed by atoms with Gasteiger partial charge in [0.05, 0.1) is 6.61 Å². The first-order valence-electron chi connectivity index (χ1n) is 15.4. The number of halogens is 3. The van der Waals surface area contributed by atoms with Gasteiger partial charge >= 0.3 is 5.97 Å². The molecule has 0 spiro atoms. The molecule has 0 radical (unpaired) electrons. The Labute approximate surface area is 303 Å². The smallest absolute Gasteiger partial charge is 0.321 e. The van der Waals surface area contributed by atoms with Crippen molar-refractivity contribution in [1.29, 1.82) is 5.26 Å². The summed E-state index contributed by atoms with van der Waals surface area (Å²) in [5, 5.41) is 25.9. The predicted molar refractivity (Wildman–Crippen MR) is 188 cm³/mol. The molecule has 15 heteroatoms. The van der Waals surface area contributed by atoms with Crippen LogP contribution in [0.4, 0.5) is 0 Å². The van der Waals surface area contributed by atoms with Crippen molar-refractivity contribution in [2.45, 2.75) is 35.7 Å². The van der Waals surface area contributed by atoms with E-state index in [1.807, 2.05) is 49.4 Å². The topological polar surface area (TPSA) is 152 Å². The van der Waals surface area contributed by atoms with Gasteiger partial charge in [0.1, 0.15) is 43.3 Å². The maximum absolute atomic E-state index is 13.3. The van der Waals surface area contributed by atoms with Crippen LogP contribution < -0.4 is 14.8 Å². The van der Waals surface area contributed by atoms with Crippen LogP contribution >= 0.6 is 34.8 Å². The summed E-state index contributed by atoms with van der Waals surface area (Å²) >= 11 is 18.5. The molecule has 2 heterocycles. The molecule has 0 amide bonds. The molecular weight excluding hydrogens is 707 g/mol. The molecule has 0 bridgehead atoms. The number of para-hydroxylation sites is 1. The number of esters is 1. The van der Waals surface area contributed by atoms with Gasteiger partial charge in [0.2, 0.25) is 6.10 Å². The van der Waals surface area contributed by atoms with Gasteiger partial charge in [-0.25, -0.2) is 15.1 Å². The number of alkyl halides is 2. The number of carbonyl (C=O) groups excluding carboxylic acids is 1. The zero-order valence-corrected chi connectivity index (χ0v) is 28.9. The van der Waals surface area contributed by atoms with Crippen LogP contribution in [-0.4, -0.2) is 50.9 Å². The highest BCUT2D eigenvalue weighted by Crippen LogP contribution is 2.65. The van der Waals surface area contributed by atoms with Crippen molar-refractivity contribution >= 4 is 46.7 Å². The van der Waals surface area contributed by atoms with E-state index in [1.165, 1.54) is 0 Å². The number of benzene rings is 3. The summed E-state index contributed by atoms with van der Waals surface area (Å²) in [6, 6.07) is 28.7. The fourth-order valence-electron chi connectivity index (χ4n) is 5.26. The lowest BCUT2D eigenvalue weighted by Gasteiger charge is -2.20. The van der Waals surface area contributed by atoms with Crippen molar-refractivity contribution in [3.63, 3.8) is 0 Å². The molecule has 2 unspecified atom stereocenters. The van der Waals surface area contributed by atoms with Crippen molar-refractivity contribution in [1.82, 2.24) is 15.2 Å². The van der Waals surface area contributed by atoms with E-state index in [-0.39, 0.29) is 12.4 Å². The Morgan fingerprint density at radius 2 is 1.80 bits per heavy atom. The van der Waals surface area contributed by atoms with Gasteiger partial charge in [0.25, 0.3) is 5.96 Å². The number of nitrogens with zero attached hydrogens (tertiary/aromatic N) is 5. The van der Waals surface area contributed by atoms with Crippen molar-refractivity contribution in [3.8, 4) is 23.3 Å². The molecule has 6 rings (SSSR count). The quantitative estimate of drug-likeness (QED) is 0.0551. The molecule has 1 aliphatic carbocycles. The second-order valence-corrected chi connectivity index (χ2v) is 13.0. The number of hydrogen-bond acceptors (Lipinski definition) is 8. The molecule has 1 aliphatic heterocycles. The number of guanidine groups is 1. The van der Waals surface area contributed by atoms with E-state index in [2.05, 4.69) is 15.4 Å². The molecule has 12 nitrogen and oxygen atoms in total. The highest BCUT2D eigenvalue weighted by Gasteiger charge is 2.73. The molecular formula is C35H31Cl3N6O6. The first-order chi connectivity index (χ1) is 24.0. The van der Waals surface area contributed by atoms with E-state index in [4.69, 9.17) is 49.0 Å². The van der Waals surface area contributed by atoms with Crippen molar-refractivity contribution in [2.75, 3.05) is 19.7 Å². The molecule has 1 aromatic heterocycles. The number of carbonyl (C=O) groups is 1. The Morgan fingerprint density at radius 3 is 2.42 bits per heavy atom. The van der Waals surface area contributed by atoms with Crippen molar-refractivity contribution in [2.24, 2.45) is 5.10 Å². The number of hydrazone groups is 1. The molecule has 2 aliphatic rings. The normalized spacial score (nSPS) is 18.5. The number of nitrogens with one attached hydrogen (secondary N) is 1. The molecule has 3 aromatic carbocycles. The van der Waals surface area contributed by atoms with Crippen LogP contribution in [0.25, 0.3) is 0 Å². The zero-order chi connectivity index (χ0) is 35.7. The highest BCUT2D eigenvalue weighted by atomic mass is 35.5. The molecule has 2 fully saturated rings. The summed E-state index contributed by atoms with van der Waals surface area (Å²) in [5.74, 6) is 1.47. The van der Waals surface area contributed by atoms with Gasteiger partial charge in [0.15, 0.2) is 5.03 Å². The standard InChI is InChI=1S/C26H21Cl2NO4.C9H10ClN5O2/c1-2-31-20-13-11-19(12-14-20)25(17-26(25,27)28)24(30)33-23(16-29)18-7-6-10-22(15-18)32-21-8-4-3-5-9-21;10-8-2-1-7(5-12-8)6-14-4-3-11-9(14)13-15(16)17/h3-15,23H,2,17H2,1H3;1-2,5H,3-4,6H2,(H,11,13). The minimum absolute atomic E-state index is 0.186. The SMILES string of the molecule is CCOc1ccc(C2(C(=O)OC(C#N)c3cccc(Oc4ccccc4)c3)CC2(Cl)Cl)cc1.O=[N+]([O-])/N=C1\NCCN1Cc1ccc(Cl)nc1. The fraction of sp³-hybridized carbons (Fsp3) is 0.257. The van der Waals surface area contributed by atoms with Gasteiger partial charge in [-0.2, -0.15) is 5.26 Å². The van der Waals surface area contributed by atoms with Crippen LogP contribution in [0.15, 0.2) is 102 Å². The number of pyridine rings is 1. The van der Waals surface area contributed by atoms with Gasteiger partial charge in [-0.05, 0) is 60.5 Å². The lowest BCUT2D eigenvalue weighted by atomic mass is 9.95. The Bertz CT molecular complexity index is 1870. The Kier molecular flexibility index (Phi) is 11.6. The third kappa shape index (κ3) is 8.73. The number of rotatable bonds is 11. The molecule has 258 valence electrons. The summed E-state index contributed by atoms with van der Waals surface area (Å²) in [5.41, 5.74) is 0.762. The second kappa shape index (κ2) is 16.1. The number of nitro groups is 1. The minimum Gasteiger partial charge on any atom is -0.494 e. The van der Waals surface area contributed by atoms with Gasteiger partial charge in [-0.15, -0.1) is 0 Å². The lowest BCUT2D eigenvalue weighted by Crippen LogP contribution is -2.30. The molecule has 1 N–H and O–H groups in total. The van der Waals surface area contributed by atoms with Crippen LogP contribution in [0.2, 0.25) is 5.15 Å². The van der Waals surface area contributed by atoms with E-state index in [0.29, 0.717) is 59.8 Å². The van der Waals surface area contributed by atoms with Crippen LogP contribution in [0.3, 0.4) is 0 Å². The first-order valence-corrected chi connectivity index (χ1v) is 16.5. The average molecular weight is 738 g/mol. The summed E-state index contributed by atoms with van der Waals surface area (Å²) in [6.07, 6.45) is 0.677. The minimum atomic E-state index is -1.32. The van der Waals surface area contributed by atoms with E-state index in [9.17, 15) is 20.2 Å². The van der Waals surface area contributed by atoms with E-state index in [0.717, 1.165) is 5.56 Å². The van der Waals surface area contributed by atoms with E-state index in [1.54, 1.807) is 65.7 Å². The van der Waals surface area contributed by atoms with Gasteiger partial charge in [0, 0.05) is 37.8 Å². The van der Waals surface area contributed by atoms with E-state index < -0.39 is 26.9 Å². The predicted octanol–water partition coefficient (Wildman–Crippen LogP) is 7.19. The third-order valence-corrected chi connectivity index (χ3v) is 8.91. The number of hydrogen-bond donors (Lipinski definition) is 1. The van der Waals surface area contributed by atoms with Crippen LogP contribution in [0.5, 0.6) is 17.2 Å². The van der Waals surface area contributed by atoms with Gasteiger partial charge in [-0.3, -0.25) is 4.79 Å². The maximum Gasteiger partial charge on any atom is 0.321 e. The molecule has 4 aromatic rings.